The fraction of sp³-hybridized carbons (Fsp3) is 0.296. The van der Waals surface area contributed by atoms with E-state index >= 15 is 0 Å². The Bertz CT molecular complexity index is 1520. The number of nitrogens with zero attached hydrogens (tertiary/aromatic N) is 4. The largest absolute Gasteiger partial charge is 0.467 e. The van der Waals surface area contributed by atoms with Crippen LogP contribution in [0.1, 0.15) is 33.3 Å². The molecule has 5 rings (SSSR count). The van der Waals surface area contributed by atoms with E-state index in [2.05, 4.69) is 15.3 Å². The average Bonchev–Trinajstić information content (AvgIpc) is 3.67. The SMILES string of the molecule is O=C(NCc1ccco1)c1ccc(CSc2nc(N3CCN(c4cccc(C(F)(F)F)c4)CC3)cc(C(F)(F)F)n2)o1. The highest BCUT2D eigenvalue weighted by Gasteiger charge is 2.35. The predicted molar refractivity (Wildman–Crippen MR) is 141 cm³/mol. The summed E-state index contributed by atoms with van der Waals surface area (Å²) >= 11 is 0.913. The Morgan fingerprint density at radius 2 is 1.64 bits per heavy atom. The monoisotopic (exact) mass is 611 g/mol. The van der Waals surface area contributed by atoms with Crippen LogP contribution in [0.5, 0.6) is 0 Å². The lowest BCUT2D eigenvalue weighted by Gasteiger charge is -2.37. The summed E-state index contributed by atoms with van der Waals surface area (Å²) in [6, 6.07) is 12.2. The van der Waals surface area contributed by atoms with Gasteiger partial charge in [0.05, 0.1) is 24.1 Å². The lowest BCUT2D eigenvalue weighted by atomic mass is 10.1. The number of halogens is 6. The summed E-state index contributed by atoms with van der Waals surface area (Å²) in [7, 11) is 0. The lowest BCUT2D eigenvalue weighted by molar-refractivity contribution is -0.141. The summed E-state index contributed by atoms with van der Waals surface area (Å²) in [5.74, 6) is 0.558. The maximum Gasteiger partial charge on any atom is 0.433 e. The molecule has 42 heavy (non-hydrogen) atoms. The van der Waals surface area contributed by atoms with Crippen molar-refractivity contribution in [2.75, 3.05) is 36.0 Å². The van der Waals surface area contributed by atoms with Crippen LogP contribution < -0.4 is 15.1 Å². The minimum absolute atomic E-state index is 0.0291. The fourth-order valence-electron chi connectivity index (χ4n) is 4.24. The molecule has 0 atom stereocenters. The van der Waals surface area contributed by atoms with Gasteiger partial charge in [0.15, 0.2) is 16.6 Å². The van der Waals surface area contributed by atoms with Gasteiger partial charge in [-0.2, -0.15) is 26.3 Å². The summed E-state index contributed by atoms with van der Waals surface area (Å²) in [6.45, 7) is 1.21. The first kappa shape index (κ1) is 29.4. The van der Waals surface area contributed by atoms with Gasteiger partial charge >= 0.3 is 12.4 Å². The van der Waals surface area contributed by atoms with Crippen molar-refractivity contribution in [3.63, 3.8) is 0 Å². The lowest BCUT2D eigenvalue weighted by Crippen LogP contribution is -2.47. The number of rotatable bonds is 8. The first-order valence-electron chi connectivity index (χ1n) is 12.6. The first-order valence-corrected chi connectivity index (χ1v) is 13.6. The van der Waals surface area contributed by atoms with Gasteiger partial charge in [0.25, 0.3) is 5.91 Å². The van der Waals surface area contributed by atoms with Crippen molar-refractivity contribution in [1.29, 1.82) is 0 Å². The standard InChI is InChI=1S/C27H23F6N5O3S/c28-26(29,30)17-3-1-4-18(13-17)37-8-10-38(11-9-37)23-14-22(27(31,32)33)35-25(36-23)42-16-20-6-7-21(41-20)24(39)34-15-19-5-2-12-40-19/h1-7,12-14H,8-11,15-16H2,(H,34,39). The summed E-state index contributed by atoms with van der Waals surface area (Å²) in [4.78, 5) is 23.7. The molecule has 0 unspecified atom stereocenters. The van der Waals surface area contributed by atoms with Crippen molar-refractivity contribution < 1.29 is 40.0 Å². The number of nitrogens with one attached hydrogen (secondary N) is 1. The second kappa shape index (κ2) is 12.0. The number of benzene rings is 1. The molecular weight excluding hydrogens is 588 g/mol. The van der Waals surface area contributed by atoms with Crippen LogP contribution in [-0.4, -0.2) is 42.1 Å². The minimum Gasteiger partial charge on any atom is -0.467 e. The molecule has 1 saturated heterocycles. The molecule has 1 aliphatic heterocycles. The topological polar surface area (TPSA) is 87.6 Å². The molecule has 0 bridgehead atoms. The van der Waals surface area contributed by atoms with Crippen molar-refractivity contribution >= 4 is 29.2 Å². The molecule has 0 spiro atoms. The number of piperazine rings is 1. The smallest absolute Gasteiger partial charge is 0.433 e. The van der Waals surface area contributed by atoms with E-state index in [0.717, 1.165) is 30.0 Å². The normalized spacial score (nSPS) is 14.3. The molecule has 222 valence electrons. The van der Waals surface area contributed by atoms with Crippen molar-refractivity contribution in [1.82, 2.24) is 15.3 Å². The molecule has 15 heteroatoms. The zero-order chi connectivity index (χ0) is 29.9. The van der Waals surface area contributed by atoms with Crippen LogP contribution in [-0.2, 0) is 24.7 Å². The minimum atomic E-state index is -4.73. The molecule has 1 aromatic carbocycles. The number of alkyl halides is 6. The molecule has 4 aromatic rings. The molecule has 0 aliphatic carbocycles. The number of carbonyl (C=O) groups excluding carboxylic acids is 1. The molecule has 1 aliphatic rings. The Kier molecular flexibility index (Phi) is 8.38. The Morgan fingerprint density at radius 3 is 2.33 bits per heavy atom. The van der Waals surface area contributed by atoms with Crippen molar-refractivity contribution in [3.05, 3.63) is 89.4 Å². The summed E-state index contributed by atoms with van der Waals surface area (Å²) in [5, 5.41) is 2.50. The third-order valence-electron chi connectivity index (χ3n) is 6.36. The second-order valence-corrected chi connectivity index (χ2v) is 10.2. The van der Waals surface area contributed by atoms with Gasteiger partial charge in [-0.25, -0.2) is 9.97 Å². The predicted octanol–water partition coefficient (Wildman–Crippen LogP) is 6.25. The Balaban J connectivity index is 1.24. The van der Waals surface area contributed by atoms with Crippen LogP contribution in [0, 0.1) is 0 Å². The number of aromatic nitrogens is 2. The van der Waals surface area contributed by atoms with E-state index in [0.29, 0.717) is 17.2 Å². The van der Waals surface area contributed by atoms with Crippen LogP contribution in [0.25, 0.3) is 0 Å². The van der Waals surface area contributed by atoms with Crippen LogP contribution in [0.2, 0.25) is 0 Å². The van der Waals surface area contributed by atoms with Gasteiger partial charge in [0, 0.05) is 37.9 Å². The third kappa shape index (κ3) is 7.19. The zero-order valence-electron chi connectivity index (χ0n) is 21.7. The number of amides is 1. The summed E-state index contributed by atoms with van der Waals surface area (Å²) in [6.07, 6.45) is -7.73. The Hall–Kier alpha value is -4.14. The highest BCUT2D eigenvalue weighted by molar-refractivity contribution is 7.98. The van der Waals surface area contributed by atoms with E-state index in [-0.39, 0.29) is 55.2 Å². The molecule has 1 amide bonds. The van der Waals surface area contributed by atoms with Crippen LogP contribution >= 0.6 is 11.8 Å². The average molecular weight is 612 g/mol. The number of anilines is 2. The van der Waals surface area contributed by atoms with E-state index < -0.39 is 29.5 Å². The molecule has 0 radical (unpaired) electrons. The molecule has 1 fully saturated rings. The van der Waals surface area contributed by atoms with Crippen molar-refractivity contribution in [3.8, 4) is 0 Å². The van der Waals surface area contributed by atoms with Gasteiger partial charge < -0.3 is 24.0 Å². The Labute approximate surface area is 239 Å². The third-order valence-corrected chi connectivity index (χ3v) is 7.23. The van der Waals surface area contributed by atoms with Gasteiger partial charge in [-0.15, -0.1) is 0 Å². The Morgan fingerprint density at radius 1 is 0.881 bits per heavy atom. The number of carbonyl (C=O) groups is 1. The number of furan rings is 2. The maximum atomic E-state index is 13.7. The van der Waals surface area contributed by atoms with Crippen LogP contribution in [0.15, 0.2) is 74.9 Å². The summed E-state index contributed by atoms with van der Waals surface area (Å²) in [5.41, 5.74) is -1.51. The van der Waals surface area contributed by atoms with Crippen molar-refractivity contribution in [2.45, 2.75) is 29.8 Å². The number of hydrogen-bond donors (Lipinski definition) is 1. The molecule has 3 aromatic heterocycles. The molecule has 1 N–H and O–H groups in total. The molecule has 8 nitrogen and oxygen atoms in total. The molecule has 0 saturated carbocycles. The van der Waals surface area contributed by atoms with E-state index in [1.165, 1.54) is 24.5 Å². The zero-order valence-corrected chi connectivity index (χ0v) is 22.5. The molecule has 4 heterocycles. The fourth-order valence-corrected chi connectivity index (χ4v) is 4.99. The van der Waals surface area contributed by atoms with Gasteiger partial charge in [-0.1, -0.05) is 17.8 Å². The van der Waals surface area contributed by atoms with Gasteiger partial charge in [0.2, 0.25) is 0 Å². The van der Waals surface area contributed by atoms with Gasteiger partial charge in [-0.3, -0.25) is 4.79 Å². The maximum absolute atomic E-state index is 13.7. The van der Waals surface area contributed by atoms with Gasteiger partial charge in [-0.05, 0) is 42.5 Å². The van der Waals surface area contributed by atoms with Gasteiger partial charge in [0.1, 0.15) is 17.3 Å². The highest BCUT2D eigenvalue weighted by atomic mass is 32.2. The number of thioether (sulfide) groups is 1. The van der Waals surface area contributed by atoms with E-state index in [1.807, 2.05) is 0 Å². The van der Waals surface area contributed by atoms with E-state index in [4.69, 9.17) is 8.83 Å². The second-order valence-electron chi connectivity index (χ2n) is 9.23. The summed E-state index contributed by atoms with van der Waals surface area (Å²) < 4.78 is 91.1. The highest BCUT2D eigenvalue weighted by Crippen LogP contribution is 2.34. The first-order chi connectivity index (χ1) is 20.0. The van der Waals surface area contributed by atoms with E-state index in [9.17, 15) is 31.1 Å². The van der Waals surface area contributed by atoms with Crippen LogP contribution in [0.4, 0.5) is 37.8 Å². The van der Waals surface area contributed by atoms with E-state index in [1.54, 1.807) is 28.0 Å². The number of hydrogen-bond acceptors (Lipinski definition) is 8. The quantitative estimate of drug-likeness (QED) is 0.142. The van der Waals surface area contributed by atoms with Crippen molar-refractivity contribution in [2.24, 2.45) is 0 Å². The molecular formula is C27H23F6N5O3S. The van der Waals surface area contributed by atoms with Crippen LogP contribution in [0.3, 0.4) is 0 Å².